The van der Waals surface area contributed by atoms with E-state index < -0.39 is 5.78 Å². The Morgan fingerprint density at radius 3 is 2.41 bits per heavy atom. The Bertz CT molecular complexity index is 1010. The van der Waals surface area contributed by atoms with Crippen molar-refractivity contribution in [3.8, 4) is 0 Å². The van der Waals surface area contributed by atoms with Gasteiger partial charge in [0.25, 0.3) is 0 Å². The molecule has 1 aliphatic heterocycles. The number of aldehydes is 1. The molecule has 4 rings (SSSR count). The lowest BCUT2D eigenvalue weighted by molar-refractivity contribution is -0.104. The molecule has 0 radical (unpaired) electrons. The van der Waals surface area contributed by atoms with Crippen molar-refractivity contribution < 1.29 is 9.59 Å². The van der Waals surface area contributed by atoms with Crippen molar-refractivity contribution in [2.24, 2.45) is 0 Å². The topological polar surface area (TPSA) is 45.6 Å². The Morgan fingerprint density at radius 2 is 1.69 bits per heavy atom. The molecule has 0 N–H and O–H groups in total. The summed E-state index contributed by atoms with van der Waals surface area (Å²) in [5, 5.41) is 1.30. The maximum atomic E-state index is 12.0. The van der Waals surface area contributed by atoms with Gasteiger partial charge in [-0.3, -0.25) is 19.4 Å². The lowest BCUT2D eigenvalue weighted by Crippen LogP contribution is -2.46. The number of ketones is 1. The number of piperazine rings is 1. The van der Waals surface area contributed by atoms with Crippen LogP contribution in [-0.4, -0.2) is 59.2 Å². The Kier molecular flexibility index (Phi) is 6.09. The minimum atomic E-state index is -0.509. The summed E-state index contributed by atoms with van der Waals surface area (Å²) in [5.41, 5.74) is 2.71. The molecule has 6 heteroatoms. The molecule has 3 aromatic rings. The normalized spacial score (nSPS) is 15.6. The number of hydrogen-bond acceptors (Lipinski definition) is 4. The SMILES string of the molecule is O=CC(=O)c1cn(CCN2CCN(Cc3ccccc3)CC2)c2ccc(Cl)cc12. The van der Waals surface area contributed by atoms with Crippen molar-refractivity contribution in [3.63, 3.8) is 0 Å². The van der Waals surface area contributed by atoms with Gasteiger partial charge in [-0.25, -0.2) is 0 Å². The number of halogens is 1. The van der Waals surface area contributed by atoms with Crippen LogP contribution in [0.2, 0.25) is 5.02 Å². The Morgan fingerprint density at radius 1 is 0.966 bits per heavy atom. The van der Waals surface area contributed by atoms with Gasteiger partial charge < -0.3 is 4.57 Å². The van der Waals surface area contributed by atoms with Crippen molar-refractivity contribution in [1.29, 1.82) is 0 Å². The molecule has 0 saturated carbocycles. The van der Waals surface area contributed by atoms with Crippen LogP contribution in [0, 0.1) is 0 Å². The highest BCUT2D eigenvalue weighted by molar-refractivity contribution is 6.37. The highest BCUT2D eigenvalue weighted by Gasteiger charge is 2.18. The van der Waals surface area contributed by atoms with E-state index in [4.69, 9.17) is 11.6 Å². The fourth-order valence-corrected chi connectivity index (χ4v) is 4.15. The first-order chi connectivity index (χ1) is 14.1. The zero-order valence-electron chi connectivity index (χ0n) is 16.3. The smallest absolute Gasteiger partial charge is 0.227 e. The van der Waals surface area contributed by atoms with Crippen LogP contribution < -0.4 is 0 Å². The zero-order valence-corrected chi connectivity index (χ0v) is 17.0. The van der Waals surface area contributed by atoms with Crippen LogP contribution in [-0.2, 0) is 17.9 Å². The third kappa shape index (κ3) is 4.58. The van der Waals surface area contributed by atoms with E-state index in [-0.39, 0.29) is 0 Å². The second-order valence-corrected chi connectivity index (χ2v) is 7.92. The van der Waals surface area contributed by atoms with E-state index in [2.05, 4.69) is 44.7 Å². The molecule has 1 aromatic heterocycles. The molecule has 1 aliphatic rings. The number of benzene rings is 2. The summed E-state index contributed by atoms with van der Waals surface area (Å²) in [6, 6.07) is 16.1. The van der Waals surface area contributed by atoms with Crippen LogP contribution >= 0.6 is 11.6 Å². The number of hydrogen-bond donors (Lipinski definition) is 0. The molecule has 1 fully saturated rings. The molecule has 1 saturated heterocycles. The molecule has 2 heterocycles. The highest BCUT2D eigenvalue weighted by atomic mass is 35.5. The molecule has 0 amide bonds. The van der Waals surface area contributed by atoms with E-state index in [1.807, 2.05) is 12.1 Å². The van der Waals surface area contributed by atoms with Gasteiger partial charge in [0, 0.05) is 67.9 Å². The van der Waals surface area contributed by atoms with E-state index >= 15 is 0 Å². The van der Waals surface area contributed by atoms with Crippen LogP contribution in [0.5, 0.6) is 0 Å². The molecule has 0 bridgehead atoms. The van der Waals surface area contributed by atoms with Gasteiger partial charge in [-0.2, -0.15) is 0 Å². The van der Waals surface area contributed by atoms with Crippen LogP contribution in [0.3, 0.4) is 0 Å². The number of aromatic nitrogens is 1. The summed E-state index contributed by atoms with van der Waals surface area (Å²) in [6.07, 6.45) is 2.15. The zero-order chi connectivity index (χ0) is 20.2. The Labute approximate surface area is 175 Å². The van der Waals surface area contributed by atoms with E-state index in [1.165, 1.54) is 5.56 Å². The molecule has 0 atom stereocenters. The third-order valence-electron chi connectivity index (χ3n) is 5.59. The van der Waals surface area contributed by atoms with Crippen molar-refractivity contribution in [2.45, 2.75) is 13.1 Å². The van der Waals surface area contributed by atoms with E-state index in [9.17, 15) is 9.59 Å². The molecule has 5 nitrogen and oxygen atoms in total. The van der Waals surface area contributed by atoms with E-state index in [1.54, 1.807) is 12.3 Å². The average Bonchev–Trinajstić information content (AvgIpc) is 3.11. The number of nitrogens with zero attached hydrogens (tertiary/aromatic N) is 3. The number of fused-ring (bicyclic) bond motifs is 1. The lowest BCUT2D eigenvalue weighted by atomic mass is 10.1. The van der Waals surface area contributed by atoms with Gasteiger partial charge in [0.2, 0.25) is 5.78 Å². The molecule has 0 spiro atoms. The first kappa shape index (κ1) is 19.8. The van der Waals surface area contributed by atoms with Crippen LogP contribution in [0.25, 0.3) is 10.9 Å². The van der Waals surface area contributed by atoms with E-state index in [0.29, 0.717) is 16.9 Å². The van der Waals surface area contributed by atoms with Crippen molar-refractivity contribution in [1.82, 2.24) is 14.4 Å². The standard InChI is InChI=1S/C23H24ClN3O2/c24-19-6-7-22-20(14-19)21(23(29)17-28)16-27(22)13-12-25-8-10-26(11-9-25)15-18-4-2-1-3-5-18/h1-7,14,16-17H,8-13,15H2. The third-order valence-corrected chi connectivity index (χ3v) is 5.82. The Balaban J connectivity index is 1.38. The Hall–Kier alpha value is -2.47. The summed E-state index contributed by atoms with van der Waals surface area (Å²) in [7, 11) is 0. The fourth-order valence-electron chi connectivity index (χ4n) is 3.98. The fraction of sp³-hybridized carbons (Fsp3) is 0.304. The maximum Gasteiger partial charge on any atom is 0.227 e. The van der Waals surface area contributed by atoms with E-state index in [0.717, 1.165) is 56.7 Å². The predicted octanol–water partition coefficient (Wildman–Crippen LogP) is 3.49. The first-order valence-electron chi connectivity index (χ1n) is 9.90. The van der Waals surface area contributed by atoms with Crippen molar-refractivity contribution in [2.75, 3.05) is 32.7 Å². The molecule has 2 aromatic carbocycles. The van der Waals surface area contributed by atoms with Gasteiger partial charge in [-0.05, 0) is 23.8 Å². The number of rotatable bonds is 7. The van der Waals surface area contributed by atoms with Crippen LogP contribution in [0.4, 0.5) is 0 Å². The second-order valence-electron chi connectivity index (χ2n) is 7.48. The number of carbonyl (C=O) groups excluding carboxylic acids is 2. The second kappa shape index (κ2) is 8.91. The quantitative estimate of drug-likeness (QED) is 0.340. The lowest BCUT2D eigenvalue weighted by Gasteiger charge is -2.34. The largest absolute Gasteiger partial charge is 0.345 e. The van der Waals surface area contributed by atoms with Gasteiger partial charge in [0.05, 0.1) is 5.56 Å². The summed E-state index contributed by atoms with van der Waals surface area (Å²) in [4.78, 5) is 27.9. The summed E-state index contributed by atoms with van der Waals surface area (Å²) < 4.78 is 2.05. The summed E-state index contributed by atoms with van der Waals surface area (Å²) in [5.74, 6) is -0.509. The van der Waals surface area contributed by atoms with Gasteiger partial charge in [-0.1, -0.05) is 41.9 Å². The average molecular weight is 410 g/mol. The minimum Gasteiger partial charge on any atom is -0.345 e. The molecular formula is C23H24ClN3O2. The first-order valence-corrected chi connectivity index (χ1v) is 10.3. The molecule has 0 unspecified atom stereocenters. The minimum absolute atomic E-state index is 0.367. The highest BCUT2D eigenvalue weighted by Crippen LogP contribution is 2.25. The molecule has 0 aliphatic carbocycles. The summed E-state index contributed by atoms with van der Waals surface area (Å²) in [6.45, 7) is 6.81. The van der Waals surface area contributed by atoms with Crippen LogP contribution in [0.15, 0.2) is 54.7 Å². The number of Topliss-reactive ketones (excluding diaryl/α,β-unsaturated/α-hetero) is 1. The van der Waals surface area contributed by atoms with Gasteiger partial charge in [-0.15, -0.1) is 0 Å². The molecule has 150 valence electrons. The van der Waals surface area contributed by atoms with Crippen LogP contribution in [0.1, 0.15) is 15.9 Å². The van der Waals surface area contributed by atoms with Crippen molar-refractivity contribution >= 4 is 34.6 Å². The molecular weight excluding hydrogens is 386 g/mol. The monoisotopic (exact) mass is 409 g/mol. The summed E-state index contributed by atoms with van der Waals surface area (Å²) >= 11 is 6.10. The number of carbonyl (C=O) groups is 2. The predicted molar refractivity (Wildman–Crippen MR) is 116 cm³/mol. The maximum absolute atomic E-state index is 12.0. The van der Waals surface area contributed by atoms with Gasteiger partial charge in [0.15, 0.2) is 6.29 Å². The van der Waals surface area contributed by atoms with Gasteiger partial charge >= 0.3 is 0 Å². The van der Waals surface area contributed by atoms with Crippen molar-refractivity contribution in [3.05, 3.63) is 70.9 Å². The van der Waals surface area contributed by atoms with Gasteiger partial charge in [0.1, 0.15) is 0 Å². The molecule has 29 heavy (non-hydrogen) atoms.